The van der Waals surface area contributed by atoms with Gasteiger partial charge in [-0.3, -0.25) is 0 Å². The first-order valence-corrected chi connectivity index (χ1v) is 17.5. The average molecular weight is 685 g/mol. The Morgan fingerprint density at radius 1 is 0.804 bits per heavy atom. The fraction of sp³-hybridized carbons (Fsp3) is 0.275. The van der Waals surface area contributed by atoms with Gasteiger partial charge in [-0.15, -0.1) is 0 Å². The quantitative estimate of drug-likeness (QED) is 0.163. The van der Waals surface area contributed by atoms with E-state index >= 15 is 4.39 Å². The van der Waals surface area contributed by atoms with E-state index in [0.717, 1.165) is 41.3 Å². The van der Waals surface area contributed by atoms with Crippen molar-refractivity contribution in [3.05, 3.63) is 138 Å². The number of benzene rings is 3. The van der Waals surface area contributed by atoms with Gasteiger partial charge in [0.05, 0.1) is 18.1 Å². The van der Waals surface area contributed by atoms with Gasteiger partial charge in [0.25, 0.3) is 0 Å². The molecular weight excluding hydrogens is 646 g/mol. The number of urea groups is 1. The summed E-state index contributed by atoms with van der Waals surface area (Å²) in [6.07, 6.45) is 5.33. The number of anilines is 1. The maximum Gasteiger partial charge on any atom is 0.317 e. The Morgan fingerprint density at radius 3 is 2.08 bits per heavy atom. The number of alkyl halides is 1. The van der Waals surface area contributed by atoms with Gasteiger partial charge < -0.3 is 15.5 Å². The van der Waals surface area contributed by atoms with Gasteiger partial charge in [0.1, 0.15) is 17.4 Å². The van der Waals surface area contributed by atoms with E-state index in [0.29, 0.717) is 30.7 Å². The largest absolute Gasteiger partial charge is 0.365 e. The molecule has 258 valence electrons. The zero-order valence-electron chi connectivity index (χ0n) is 28.0. The minimum Gasteiger partial charge on any atom is -0.365 e. The number of fused-ring (bicyclic) bond motifs is 1. The topological polar surface area (TPSA) is 101 Å². The number of pyridine rings is 1. The second-order valence-corrected chi connectivity index (χ2v) is 13.3. The first-order valence-electron chi connectivity index (χ1n) is 17.5. The van der Waals surface area contributed by atoms with Gasteiger partial charge in [0.15, 0.2) is 23.1 Å². The van der Waals surface area contributed by atoms with Crippen LogP contribution < -0.4 is 10.6 Å². The van der Waals surface area contributed by atoms with Crippen LogP contribution in [-0.4, -0.2) is 67.0 Å². The number of hydrogen-bond donors (Lipinski definition) is 2. The number of aromatic nitrogens is 5. The summed E-state index contributed by atoms with van der Waals surface area (Å²) < 4.78 is 31.1. The van der Waals surface area contributed by atoms with Gasteiger partial charge in [0, 0.05) is 24.8 Å². The number of likely N-dealkylation sites (tertiary alicyclic amines) is 1. The lowest BCUT2D eigenvalue weighted by atomic mass is 9.77. The Labute approximate surface area is 294 Å². The van der Waals surface area contributed by atoms with E-state index in [-0.39, 0.29) is 36.3 Å². The van der Waals surface area contributed by atoms with E-state index in [1.165, 1.54) is 11.1 Å². The smallest absolute Gasteiger partial charge is 0.317 e. The van der Waals surface area contributed by atoms with Gasteiger partial charge in [-0.25, -0.2) is 33.2 Å². The van der Waals surface area contributed by atoms with Gasteiger partial charge in [0.2, 0.25) is 0 Å². The first kappa shape index (κ1) is 32.5. The van der Waals surface area contributed by atoms with E-state index in [1.54, 1.807) is 6.20 Å². The molecule has 51 heavy (non-hydrogen) atoms. The standard InChI is InChI=1S/C40H38F2N8O/c41-30-21-23-49(26-30)39(51)46-32-19-10-18-31(24-32)45-36-34(42)25-44-37(47-36)35-33-20-11-22-43-38(33)50(48-35)40(27-12-4-1-5-13-27,28-14-6-2-7-15-28)29-16-8-3-9-17-29/h1-9,11-17,20,22,25,30-32H,10,18-19,21,23-24,26H2,(H,46,51)(H,44,45,47)/t30-,31+,32-/m1/s1. The summed E-state index contributed by atoms with van der Waals surface area (Å²) >= 11 is 0. The summed E-state index contributed by atoms with van der Waals surface area (Å²) in [4.78, 5) is 28.3. The number of halogens is 2. The van der Waals surface area contributed by atoms with Crippen LogP contribution in [0.2, 0.25) is 0 Å². The van der Waals surface area contributed by atoms with Crippen molar-refractivity contribution in [2.24, 2.45) is 0 Å². The van der Waals surface area contributed by atoms with Crippen molar-refractivity contribution >= 4 is 22.9 Å². The number of carbonyl (C=O) groups is 1. The van der Waals surface area contributed by atoms with Crippen molar-refractivity contribution < 1.29 is 13.6 Å². The molecule has 2 fully saturated rings. The average Bonchev–Trinajstić information content (AvgIpc) is 3.79. The van der Waals surface area contributed by atoms with Crippen LogP contribution in [0.1, 0.15) is 48.8 Å². The molecule has 2 amide bonds. The summed E-state index contributed by atoms with van der Waals surface area (Å²) in [7, 11) is 0. The van der Waals surface area contributed by atoms with Gasteiger partial charge >= 0.3 is 6.03 Å². The lowest BCUT2D eigenvalue weighted by Gasteiger charge is -2.36. The number of hydrogen-bond acceptors (Lipinski definition) is 6. The zero-order valence-corrected chi connectivity index (χ0v) is 28.0. The molecule has 1 aliphatic carbocycles. The molecule has 0 radical (unpaired) electrons. The number of nitrogens with zero attached hydrogens (tertiary/aromatic N) is 6. The lowest BCUT2D eigenvalue weighted by Crippen LogP contribution is -2.47. The molecule has 3 aromatic heterocycles. The van der Waals surface area contributed by atoms with Gasteiger partial charge in [-0.2, -0.15) is 5.10 Å². The third-order valence-corrected chi connectivity index (χ3v) is 10.1. The van der Waals surface area contributed by atoms with Crippen LogP contribution in [0.4, 0.5) is 19.4 Å². The summed E-state index contributed by atoms with van der Waals surface area (Å²) in [6, 6.07) is 33.9. The molecule has 1 aliphatic heterocycles. The summed E-state index contributed by atoms with van der Waals surface area (Å²) in [6.45, 7) is 0.539. The van der Waals surface area contributed by atoms with Crippen LogP contribution in [-0.2, 0) is 5.54 Å². The number of carbonyl (C=O) groups excluding carboxylic acids is 1. The summed E-state index contributed by atoms with van der Waals surface area (Å²) in [5.41, 5.74) is 3.12. The van der Waals surface area contributed by atoms with Crippen molar-refractivity contribution in [3.63, 3.8) is 0 Å². The molecule has 6 aromatic rings. The van der Waals surface area contributed by atoms with Crippen molar-refractivity contribution in [3.8, 4) is 11.5 Å². The van der Waals surface area contributed by atoms with Crippen LogP contribution in [0.5, 0.6) is 0 Å². The van der Waals surface area contributed by atoms with Crippen molar-refractivity contribution in [1.29, 1.82) is 0 Å². The van der Waals surface area contributed by atoms with Gasteiger partial charge in [-0.05, 0) is 60.9 Å². The molecule has 0 unspecified atom stereocenters. The maximum absolute atomic E-state index is 15.4. The molecule has 2 N–H and O–H groups in total. The minimum atomic E-state index is -0.975. The molecule has 9 nitrogen and oxygen atoms in total. The second kappa shape index (κ2) is 13.9. The maximum atomic E-state index is 15.4. The Kier molecular flexibility index (Phi) is 8.85. The molecule has 3 atom stereocenters. The van der Waals surface area contributed by atoms with Crippen LogP contribution in [0.15, 0.2) is 116 Å². The highest BCUT2D eigenvalue weighted by atomic mass is 19.1. The molecule has 11 heteroatoms. The van der Waals surface area contributed by atoms with E-state index in [4.69, 9.17) is 15.1 Å². The van der Waals surface area contributed by atoms with Crippen LogP contribution >= 0.6 is 0 Å². The van der Waals surface area contributed by atoms with E-state index in [9.17, 15) is 9.18 Å². The highest BCUT2D eigenvalue weighted by Gasteiger charge is 2.41. The Balaban J connectivity index is 1.18. The third kappa shape index (κ3) is 6.17. The van der Waals surface area contributed by atoms with Crippen molar-refractivity contribution in [2.45, 2.75) is 55.9 Å². The Hall–Kier alpha value is -5.71. The third-order valence-electron chi connectivity index (χ3n) is 10.1. The van der Waals surface area contributed by atoms with Crippen LogP contribution in [0.3, 0.4) is 0 Å². The highest BCUT2D eigenvalue weighted by molar-refractivity contribution is 5.90. The molecule has 8 rings (SSSR count). The van der Waals surface area contributed by atoms with Crippen LogP contribution in [0, 0.1) is 5.82 Å². The van der Waals surface area contributed by atoms with Crippen molar-refractivity contribution in [1.82, 2.24) is 34.9 Å². The fourth-order valence-corrected chi connectivity index (χ4v) is 7.65. The second-order valence-electron chi connectivity index (χ2n) is 13.3. The SMILES string of the molecule is O=C(N[C@@H]1CCC[C@H](Nc2nc(-c3nn(C(c4ccccc4)(c4ccccc4)c4ccccc4)c4ncccc34)ncc2F)C1)N1CC[C@@H](F)C1. The predicted octanol–water partition coefficient (Wildman–Crippen LogP) is 7.34. The lowest BCUT2D eigenvalue weighted by molar-refractivity contribution is 0.195. The van der Waals surface area contributed by atoms with Crippen molar-refractivity contribution in [2.75, 3.05) is 18.4 Å². The Morgan fingerprint density at radius 2 is 1.45 bits per heavy atom. The van der Waals surface area contributed by atoms with Crippen LogP contribution in [0.25, 0.3) is 22.6 Å². The fourth-order valence-electron chi connectivity index (χ4n) is 7.65. The molecule has 3 aromatic carbocycles. The first-order chi connectivity index (χ1) is 25.0. The molecule has 2 aliphatic rings. The summed E-state index contributed by atoms with van der Waals surface area (Å²) in [5.74, 6) is -0.247. The molecule has 1 saturated carbocycles. The van der Waals surface area contributed by atoms with E-state index < -0.39 is 17.5 Å². The molecular formula is C40H38F2N8O. The molecule has 0 bridgehead atoms. The highest BCUT2D eigenvalue weighted by Crippen LogP contribution is 2.43. The Bertz CT molecular complexity index is 2030. The molecule has 4 heterocycles. The molecule has 0 spiro atoms. The minimum absolute atomic E-state index is 0.0730. The van der Waals surface area contributed by atoms with Gasteiger partial charge in [-0.1, -0.05) is 91.0 Å². The predicted molar refractivity (Wildman–Crippen MR) is 192 cm³/mol. The zero-order chi connectivity index (χ0) is 34.8. The summed E-state index contributed by atoms with van der Waals surface area (Å²) in [5, 5.41) is 12.4. The number of amides is 2. The molecule has 1 saturated heterocycles. The number of rotatable bonds is 8. The van der Waals surface area contributed by atoms with E-state index in [1.807, 2.05) is 71.4 Å². The van der Waals surface area contributed by atoms with E-state index in [2.05, 4.69) is 52.0 Å². The number of nitrogens with one attached hydrogen (secondary N) is 2. The normalized spacial score (nSPS) is 19.3. The monoisotopic (exact) mass is 684 g/mol.